The average Bonchev–Trinajstić information content (AvgIpc) is 2.59. The summed E-state index contributed by atoms with van der Waals surface area (Å²) < 4.78 is 25.2. The van der Waals surface area contributed by atoms with Gasteiger partial charge in [0.1, 0.15) is 6.04 Å². The molecular formula is C16H24N4O5S. The Balaban J connectivity index is 2.69. The van der Waals surface area contributed by atoms with Crippen molar-refractivity contribution in [2.45, 2.75) is 24.8 Å². The van der Waals surface area contributed by atoms with Crippen molar-refractivity contribution in [3.63, 3.8) is 0 Å². The second-order valence-corrected chi connectivity index (χ2v) is 7.83. The van der Waals surface area contributed by atoms with Gasteiger partial charge in [-0.3, -0.25) is 14.4 Å². The molecule has 0 saturated heterocycles. The van der Waals surface area contributed by atoms with E-state index in [0.29, 0.717) is 6.54 Å². The highest BCUT2D eigenvalue weighted by molar-refractivity contribution is 7.89. The molecule has 0 heterocycles. The van der Waals surface area contributed by atoms with E-state index in [1.54, 1.807) is 6.92 Å². The zero-order chi connectivity index (χ0) is 19.9. The monoisotopic (exact) mass is 384 g/mol. The molecule has 0 unspecified atom stereocenters. The molecule has 144 valence electrons. The Bertz CT molecular complexity index is 777. The van der Waals surface area contributed by atoms with Gasteiger partial charge in [-0.25, -0.2) is 12.7 Å². The van der Waals surface area contributed by atoms with Crippen molar-refractivity contribution in [3.05, 3.63) is 29.8 Å². The molecule has 0 aliphatic rings. The van der Waals surface area contributed by atoms with Gasteiger partial charge in [0.15, 0.2) is 0 Å². The molecule has 0 aliphatic heterocycles. The number of nitrogens with zero attached hydrogens (tertiary/aromatic N) is 1. The Morgan fingerprint density at radius 1 is 1.15 bits per heavy atom. The summed E-state index contributed by atoms with van der Waals surface area (Å²) in [6, 6.07) is 4.78. The van der Waals surface area contributed by atoms with Crippen LogP contribution in [0.5, 0.6) is 0 Å². The third kappa shape index (κ3) is 5.81. The van der Waals surface area contributed by atoms with E-state index in [4.69, 9.17) is 0 Å². The Morgan fingerprint density at radius 2 is 1.81 bits per heavy atom. The van der Waals surface area contributed by atoms with Gasteiger partial charge in [0.2, 0.25) is 21.8 Å². The van der Waals surface area contributed by atoms with E-state index in [1.165, 1.54) is 45.3 Å². The molecule has 0 fully saturated rings. The molecule has 1 atom stereocenters. The molecule has 0 aliphatic carbocycles. The molecule has 3 N–H and O–H groups in total. The molecule has 0 saturated carbocycles. The first-order valence-electron chi connectivity index (χ1n) is 7.97. The Labute approximate surface area is 153 Å². The number of carbonyl (C=O) groups is 3. The lowest BCUT2D eigenvalue weighted by atomic mass is 10.2. The quantitative estimate of drug-likeness (QED) is 0.547. The molecule has 0 aromatic heterocycles. The van der Waals surface area contributed by atoms with Crippen LogP contribution >= 0.6 is 0 Å². The van der Waals surface area contributed by atoms with Gasteiger partial charge in [-0.15, -0.1) is 0 Å². The van der Waals surface area contributed by atoms with E-state index < -0.39 is 27.9 Å². The number of rotatable bonds is 8. The maximum Gasteiger partial charge on any atom is 0.251 e. The number of hydrogen-bond acceptors (Lipinski definition) is 5. The van der Waals surface area contributed by atoms with Crippen molar-refractivity contribution < 1.29 is 22.8 Å². The first kappa shape index (κ1) is 21.6. The summed E-state index contributed by atoms with van der Waals surface area (Å²) in [5.41, 5.74) is 0.109. The zero-order valence-electron chi connectivity index (χ0n) is 15.2. The zero-order valence-corrected chi connectivity index (χ0v) is 16.0. The van der Waals surface area contributed by atoms with E-state index in [2.05, 4.69) is 16.0 Å². The summed E-state index contributed by atoms with van der Waals surface area (Å²) in [7, 11) is -0.883. The van der Waals surface area contributed by atoms with E-state index in [9.17, 15) is 22.8 Å². The third-order valence-corrected chi connectivity index (χ3v) is 5.22. The van der Waals surface area contributed by atoms with Crippen LogP contribution in [0.15, 0.2) is 29.2 Å². The predicted molar refractivity (Wildman–Crippen MR) is 95.9 cm³/mol. The number of amides is 3. The lowest BCUT2D eigenvalue weighted by Gasteiger charge is -2.14. The number of hydrogen-bond donors (Lipinski definition) is 3. The van der Waals surface area contributed by atoms with Crippen LogP contribution in [-0.2, 0) is 19.6 Å². The van der Waals surface area contributed by atoms with Crippen molar-refractivity contribution >= 4 is 27.7 Å². The molecule has 0 radical (unpaired) electrons. The Kier molecular flexibility index (Phi) is 7.72. The van der Waals surface area contributed by atoms with Gasteiger partial charge in [0.25, 0.3) is 5.91 Å². The lowest BCUT2D eigenvalue weighted by molar-refractivity contribution is -0.128. The van der Waals surface area contributed by atoms with Gasteiger partial charge < -0.3 is 16.0 Å². The van der Waals surface area contributed by atoms with Crippen LogP contribution in [0.3, 0.4) is 0 Å². The molecule has 1 rings (SSSR count). The highest BCUT2D eigenvalue weighted by atomic mass is 32.2. The first-order valence-corrected chi connectivity index (χ1v) is 9.41. The molecule has 26 heavy (non-hydrogen) atoms. The highest BCUT2D eigenvalue weighted by Crippen LogP contribution is 2.14. The van der Waals surface area contributed by atoms with E-state index in [-0.39, 0.29) is 22.9 Å². The van der Waals surface area contributed by atoms with E-state index in [0.717, 1.165) is 4.31 Å². The summed E-state index contributed by atoms with van der Waals surface area (Å²) in [6.45, 7) is 3.40. The minimum absolute atomic E-state index is 0.0236. The average molecular weight is 384 g/mol. The van der Waals surface area contributed by atoms with Crippen molar-refractivity contribution in [2.75, 3.05) is 27.2 Å². The van der Waals surface area contributed by atoms with Gasteiger partial charge in [-0.1, -0.05) is 6.07 Å². The summed E-state index contributed by atoms with van der Waals surface area (Å²) >= 11 is 0. The van der Waals surface area contributed by atoms with Gasteiger partial charge >= 0.3 is 0 Å². The molecule has 1 aromatic carbocycles. The normalized spacial score (nSPS) is 12.3. The Morgan fingerprint density at radius 3 is 2.38 bits per heavy atom. The minimum atomic E-state index is -3.67. The standard InChI is InChI=1S/C16H24N4O5S/c1-5-17-15(22)11(2)19-14(21)10-18-16(23)12-7-6-8-13(9-12)26(24,25)20(3)4/h6-9,11H,5,10H2,1-4H3,(H,17,22)(H,18,23)(H,19,21)/t11-/m1/s1. The largest absolute Gasteiger partial charge is 0.355 e. The summed E-state index contributed by atoms with van der Waals surface area (Å²) in [5.74, 6) is -1.45. The van der Waals surface area contributed by atoms with Crippen LogP contribution in [0.1, 0.15) is 24.2 Å². The first-order chi connectivity index (χ1) is 12.1. The van der Waals surface area contributed by atoms with Crippen molar-refractivity contribution in [1.82, 2.24) is 20.3 Å². The Hall–Kier alpha value is -2.46. The summed E-state index contributed by atoms with van der Waals surface area (Å²) in [5, 5.41) is 7.41. The minimum Gasteiger partial charge on any atom is -0.355 e. The predicted octanol–water partition coefficient (Wildman–Crippen LogP) is -0.692. The van der Waals surface area contributed by atoms with Gasteiger partial charge in [0.05, 0.1) is 11.4 Å². The highest BCUT2D eigenvalue weighted by Gasteiger charge is 2.19. The van der Waals surface area contributed by atoms with Crippen molar-refractivity contribution in [1.29, 1.82) is 0 Å². The van der Waals surface area contributed by atoms with Gasteiger partial charge in [-0.05, 0) is 32.0 Å². The number of sulfonamides is 1. The number of likely N-dealkylation sites (N-methyl/N-ethyl adjacent to an activating group) is 1. The molecule has 0 spiro atoms. The number of benzene rings is 1. The van der Waals surface area contributed by atoms with Crippen LogP contribution in [0.25, 0.3) is 0 Å². The fraction of sp³-hybridized carbons (Fsp3) is 0.438. The van der Waals surface area contributed by atoms with E-state index in [1.807, 2.05) is 0 Å². The van der Waals surface area contributed by atoms with Crippen LogP contribution in [0, 0.1) is 0 Å². The van der Waals surface area contributed by atoms with Gasteiger partial charge in [0, 0.05) is 26.2 Å². The SMILES string of the molecule is CCNC(=O)[C@@H](C)NC(=O)CNC(=O)c1cccc(S(=O)(=O)N(C)C)c1. The molecule has 1 aromatic rings. The van der Waals surface area contributed by atoms with Crippen LogP contribution < -0.4 is 16.0 Å². The summed E-state index contributed by atoms with van der Waals surface area (Å²) in [4.78, 5) is 35.5. The number of nitrogens with one attached hydrogen (secondary N) is 3. The smallest absolute Gasteiger partial charge is 0.251 e. The second-order valence-electron chi connectivity index (χ2n) is 5.68. The molecule has 0 bridgehead atoms. The summed E-state index contributed by atoms with van der Waals surface area (Å²) in [6.07, 6.45) is 0. The number of carbonyl (C=O) groups excluding carboxylic acids is 3. The molecule has 9 nitrogen and oxygen atoms in total. The maximum atomic E-state index is 12.1. The van der Waals surface area contributed by atoms with Crippen LogP contribution in [0.2, 0.25) is 0 Å². The molecular weight excluding hydrogens is 360 g/mol. The van der Waals surface area contributed by atoms with Crippen LogP contribution in [0.4, 0.5) is 0 Å². The van der Waals surface area contributed by atoms with E-state index >= 15 is 0 Å². The fourth-order valence-electron chi connectivity index (χ4n) is 1.96. The van der Waals surface area contributed by atoms with Crippen molar-refractivity contribution in [2.24, 2.45) is 0 Å². The molecule has 10 heteroatoms. The molecule has 3 amide bonds. The topological polar surface area (TPSA) is 125 Å². The lowest BCUT2D eigenvalue weighted by Crippen LogP contribution is -2.47. The maximum absolute atomic E-state index is 12.1. The third-order valence-electron chi connectivity index (χ3n) is 3.41. The van der Waals surface area contributed by atoms with Gasteiger partial charge in [-0.2, -0.15) is 0 Å². The van der Waals surface area contributed by atoms with Crippen molar-refractivity contribution in [3.8, 4) is 0 Å². The van der Waals surface area contributed by atoms with Crippen LogP contribution in [-0.4, -0.2) is 63.7 Å². The fourth-order valence-corrected chi connectivity index (χ4v) is 2.90. The second kappa shape index (κ2) is 9.30.